The normalized spacial score (nSPS) is 12.3. The molecule has 168 valence electrons. The molecule has 1 atom stereocenters. The van der Waals surface area contributed by atoms with Crippen molar-refractivity contribution in [2.45, 2.75) is 71.9 Å². The number of benzene rings is 2. The van der Waals surface area contributed by atoms with Crippen LogP contribution in [-0.4, -0.2) is 29.3 Å². The molecule has 0 unspecified atom stereocenters. The molecule has 5 heteroatoms. The molecule has 0 aliphatic carbocycles. The Bertz CT molecular complexity index is 872. The van der Waals surface area contributed by atoms with Crippen molar-refractivity contribution < 1.29 is 9.59 Å². The van der Waals surface area contributed by atoms with E-state index >= 15 is 0 Å². The maximum atomic E-state index is 13.2. The Morgan fingerprint density at radius 1 is 1.06 bits per heavy atom. The van der Waals surface area contributed by atoms with Crippen molar-refractivity contribution in [1.82, 2.24) is 10.2 Å². The van der Waals surface area contributed by atoms with Gasteiger partial charge in [-0.25, -0.2) is 0 Å². The Balaban J connectivity index is 2.12. The standard InChI is InChI=1S/C26H35ClN2O2/c1-6-16-28-25(31)19(2)29(18-21-8-7-9-23(27)17-21)24(30)15-12-20-10-13-22(14-11-20)26(3,4)5/h7-11,13-14,17,19H,6,12,15-16,18H2,1-5H3,(H,28,31)/t19-/m0/s1. The Morgan fingerprint density at radius 3 is 2.32 bits per heavy atom. The highest BCUT2D eigenvalue weighted by Gasteiger charge is 2.25. The molecule has 2 aromatic carbocycles. The number of hydrogen-bond donors (Lipinski definition) is 1. The Labute approximate surface area is 192 Å². The lowest BCUT2D eigenvalue weighted by molar-refractivity contribution is -0.140. The third kappa shape index (κ3) is 7.70. The molecule has 0 saturated carbocycles. The summed E-state index contributed by atoms with van der Waals surface area (Å²) >= 11 is 6.12. The van der Waals surface area contributed by atoms with Gasteiger partial charge in [-0.05, 0) is 54.0 Å². The quantitative estimate of drug-likeness (QED) is 0.556. The topological polar surface area (TPSA) is 49.4 Å². The number of halogens is 1. The van der Waals surface area contributed by atoms with Crippen LogP contribution in [-0.2, 0) is 28.0 Å². The van der Waals surface area contributed by atoms with Gasteiger partial charge in [-0.3, -0.25) is 9.59 Å². The molecule has 0 aliphatic heterocycles. The third-order valence-electron chi connectivity index (χ3n) is 5.41. The maximum Gasteiger partial charge on any atom is 0.242 e. The van der Waals surface area contributed by atoms with E-state index in [4.69, 9.17) is 11.6 Å². The molecule has 0 aromatic heterocycles. The van der Waals surface area contributed by atoms with Crippen LogP contribution in [0.5, 0.6) is 0 Å². The minimum Gasteiger partial charge on any atom is -0.354 e. The average molecular weight is 443 g/mol. The Morgan fingerprint density at radius 2 is 1.74 bits per heavy atom. The number of rotatable bonds is 9. The van der Waals surface area contributed by atoms with Gasteiger partial charge in [0.05, 0.1) is 0 Å². The molecule has 0 heterocycles. The van der Waals surface area contributed by atoms with Gasteiger partial charge in [0.1, 0.15) is 6.04 Å². The van der Waals surface area contributed by atoms with Crippen molar-refractivity contribution in [1.29, 1.82) is 0 Å². The lowest BCUT2D eigenvalue weighted by Crippen LogP contribution is -2.47. The lowest BCUT2D eigenvalue weighted by atomic mass is 9.86. The number of nitrogens with zero attached hydrogens (tertiary/aromatic N) is 1. The molecule has 2 aromatic rings. The zero-order valence-corrected chi connectivity index (χ0v) is 20.1. The number of hydrogen-bond acceptors (Lipinski definition) is 2. The molecule has 1 N–H and O–H groups in total. The first kappa shape index (κ1) is 24.9. The average Bonchev–Trinajstić information content (AvgIpc) is 2.73. The van der Waals surface area contributed by atoms with Gasteiger partial charge in [0.15, 0.2) is 0 Å². The summed E-state index contributed by atoms with van der Waals surface area (Å²) in [5.41, 5.74) is 3.40. The highest BCUT2D eigenvalue weighted by molar-refractivity contribution is 6.30. The number of carbonyl (C=O) groups is 2. The van der Waals surface area contributed by atoms with Crippen LogP contribution < -0.4 is 5.32 Å². The van der Waals surface area contributed by atoms with E-state index < -0.39 is 6.04 Å². The minimum atomic E-state index is -0.554. The fraction of sp³-hybridized carbons (Fsp3) is 0.462. The predicted octanol–water partition coefficient (Wildman–Crippen LogP) is 5.51. The van der Waals surface area contributed by atoms with Gasteiger partial charge >= 0.3 is 0 Å². The summed E-state index contributed by atoms with van der Waals surface area (Å²) in [6, 6.07) is 15.3. The number of amides is 2. The molecular weight excluding hydrogens is 408 g/mol. The van der Waals surface area contributed by atoms with E-state index in [1.807, 2.05) is 25.1 Å². The van der Waals surface area contributed by atoms with Gasteiger partial charge in [-0.15, -0.1) is 0 Å². The predicted molar refractivity (Wildman–Crippen MR) is 128 cm³/mol. The summed E-state index contributed by atoms with van der Waals surface area (Å²) in [6.45, 7) is 11.3. The summed E-state index contributed by atoms with van der Waals surface area (Å²) in [4.78, 5) is 27.4. The summed E-state index contributed by atoms with van der Waals surface area (Å²) in [6.07, 6.45) is 1.84. The van der Waals surface area contributed by atoms with Crippen LogP contribution in [0, 0.1) is 0 Å². The summed E-state index contributed by atoms with van der Waals surface area (Å²) < 4.78 is 0. The minimum absolute atomic E-state index is 0.0426. The fourth-order valence-electron chi connectivity index (χ4n) is 3.38. The highest BCUT2D eigenvalue weighted by Crippen LogP contribution is 2.23. The fourth-order valence-corrected chi connectivity index (χ4v) is 3.59. The van der Waals surface area contributed by atoms with Gasteiger partial charge in [0, 0.05) is 24.5 Å². The monoisotopic (exact) mass is 442 g/mol. The van der Waals surface area contributed by atoms with Crippen molar-refractivity contribution >= 4 is 23.4 Å². The van der Waals surface area contributed by atoms with Gasteiger partial charge in [-0.1, -0.05) is 75.7 Å². The zero-order valence-electron chi connectivity index (χ0n) is 19.4. The first-order valence-corrected chi connectivity index (χ1v) is 11.4. The summed E-state index contributed by atoms with van der Waals surface area (Å²) in [5.74, 6) is -0.175. The Hall–Kier alpha value is -2.33. The van der Waals surface area contributed by atoms with Crippen molar-refractivity contribution in [3.63, 3.8) is 0 Å². The first-order chi connectivity index (χ1) is 14.6. The van der Waals surface area contributed by atoms with Gasteiger partial charge in [0.2, 0.25) is 11.8 Å². The zero-order chi connectivity index (χ0) is 23.0. The van der Waals surface area contributed by atoms with E-state index in [0.717, 1.165) is 17.5 Å². The van der Waals surface area contributed by atoms with Crippen LogP contribution in [0.4, 0.5) is 0 Å². The van der Waals surface area contributed by atoms with E-state index in [1.54, 1.807) is 17.9 Å². The molecule has 0 fully saturated rings. The second-order valence-corrected chi connectivity index (χ2v) is 9.50. The number of aryl methyl sites for hydroxylation is 1. The van der Waals surface area contributed by atoms with Crippen molar-refractivity contribution in [2.24, 2.45) is 0 Å². The SMILES string of the molecule is CCCNC(=O)[C@H](C)N(Cc1cccc(Cl)c1)C(=O)CCc1ccc(C(C)(C)C)cc1. The van der Waals surface area contributed by atoms with Crippen LogP contribution in [0.1, 0.15) is 64.2 Å². The van der Waals surface area contributed by atoms with Crippen LogP contribution in [0.15, 0.2) is 48.5 Å². The van der Waals surface area contributed by atoms with E-state index in [0.29, 0.717) is 31.0 Å². The van der Waals surface area contributed by atoms with Crippen molar-refractivity contribution in [3.8, 4) is 0 Å². The van der Waals surface area contributed by atoms with Crippen molar-refractivity contribution in [3.05, 3.63) is 70.2 Å². The van der Waals surface area contributed by atoms with Crippen molar-refractivity contribution in [2.75, 3.05) is 6.54 Å². The molecule has 2 rings (SSSR count). The van der Waals surface area contributed by atoms with E-state index in [-0.39, 0.29) is 17.2 Å². The van der Waals surface area contributed by atoms with E-state index in [9.17, 15) is 9.59 Å². The number of carbonyl (C=O) groups excluding carboxylic acids is 2. The van der Waals surface area contributed by atoms with E-state index in [1.165, 1.54) is 5.56 Å². The molecular formula is C26H35ClN2O2. The maximum absolute atomic E-state index is 13.2. The second-order valence-electron chi connectivity index (χ2n) is 9.07. The molecule has 0 aliphatic rings. The number of nitrogens with one attached hydrogen (secondary N) is 1. The van der Waals surface area contributed by atoms with Crippen LogP contribution >= 0.6 is 11.6 Å². The van der Waals surface area contributed by atoms with Crippen LogP contribution in [0.2, 0.25) is 5.02 Å². The van der Waals surface area contributed by atoms with E-state index in [2.05, 4.69) is 50.4 Å². The van der Waals surface area contributed by atoms with Crippen LogP contribution in [0.25, 0.3) is 0 Å². The van der Waals surface area contributed by atoms with Crippen LogP contribution in [0.3, 0.4) is 0 Å². The molecule has 31 heavy (non-hydrogen) atoms. The van der Waals surface area contributed by atoms with Gasteiger partial charge in [0.25, 0.3) is 0 Å². The summed E-state index contributed by atoms with van der Waals surface area (Å²) in [5, 5.41) is 3.52. The summed E-state index contributed by atoms with van der Waals surface area (Å²) in [7, 11) is 0. The van der Waals surface area contributed by atoms with Gasteiger partial charge < -0.3 is 10.2 Å². The lowest BCUT2D eigenvalue weighted by Gasteiger charge is -2.29. The largest absolute Gasteiger partial charge is 0.354 e. The third-order valence-corrected chi connectivity index (χ3v) is 5.64. The smallest absolute Gasteiger partial charge is 0.242 e. The van der Waals surface area contributed by atoms with Gasteiger partial charge in [-0.2, -0.15) is 0 Å². The Kier molecular flexibility index (Phi) is 9.12. The molecule has 4 nitrogen and oxygen atoms in total. The molecule has 0 radical (unpaired) electrons. The molecule has 2 amide bonds. The molecule has 0 spiro atoms. The first-order valence-electron chi connectivity index (χ1n) is 11.0. The molecule has 0 saturated heterocycles. The molecule has 0 bridgehead atoms. The highest BCUT2D eigenvalue weighted by atomic mass is 35.5. The second kappa shape index (κ2) is 11.3.